The van der Waals surface area contributed by atoms with Crippen molar-refractivity contribution in [3.05, 3.63) is 53.6 Å². The zero-order valence-corrected chi connectivity index (χ0v) is 21.5. The summed E-state index contributed by atoms with van der Waals surface area (Å²) < 4.78 is 33.5. The van der Waals surface area contributed by atoms with E-state index in [2.05, 4.69) is 10.6 Å². The zero-order valence-electron chi connectivity index (χ0n) is 20.7. The molecule has 0 saturated heterocycles. The standard InChI is InChI=1S/C25H35N3O5S/c1-7-19(4)26-25(30)20(5)27-24(29)14-15-28(21-9-11-22(33-6)12-10-21)34(31,32)23-13-8-17(2)18(3)16-23/h8-13,16,19-20H,7,14-15H2,1-6H3,(H,26,30)(H,27,29). The first-order valence-electron chi connectivity index (χ1n) is 11.3. The van der Waals surface area contributed by atoms with Crippen LogP contribution in [0.4, 0.5) is 5.69 Å². The maximum atomic E-state index is 13.5. The van der Waals surface area contributed by atoms with Crippen molar-refractivity contribution in [2.24, 2.45) is 0 Å². The highest BCUT2D eigenvalue weighted by Crippen LogP contribution is 2.27. The van der Waals surface area contributed by atoms with Crippen LogP contribution in [-0.2, 0) is 19.6 Å². The molecule has 34 heavy (non-hydrogen) atoms. The number of methoxy groups -OCH3 is 1. The number of amides is 2. The average Bonchev–Trinajstić information content (AvgIpc) is 2.80. The van der Waals surface area contributed by atoms with E-state index in [-0.39, 0.29) is 29.8 Å². The molecule has 2 aromatic rings. The lowest BCUT2D eigenvalue weighted by Gasteiger charge is -2.25. The summed E-state index contributed by atoms with van der Waals surface area (Å²) in [6.07, 6.45) is 0.663. The third-order valence-corrected chi connectivity index (χ3v) is 7.56. The topological polar surface area (TPSA) is 105 Å². The van der Waals surface area contributed by atoms with Gasteiger partial charge >= 0.3 is 0 Å². The summed E-state index contributed by atoms with van der Waals surface area (Å²) in [6, 6.07) is 10.8. The van der Waals surface area contributed by atoms with E-state index in [9.17, 15) is 18.0 Å². The molecule has 0 bridgehead atoms. The molecule has 0 spiro atoms. The van der Waals surface area contributed by atoms with Gasteiger partial charge in [0.05, 0.1) is 17.7 Å². The van der Waals surface area contributed by atoms with Gasteiger partial charge in [-0.05, 0) is 81.6 Å². The number of hydrogen-bond donors (Lipinski definition) is 2. The Bertz CT molecular complexity index is 1100. The SMILES string of the molecule is CCC(C)NC(=O)C(C)NC(=O)CCN(c1ccc(OC)cc1)S(=O)(=O)c1ccc(C)c(C)c1. The molecule has 186 valence electrons. The predicted octanol–water partition coefficient (Wildman–Crippen LogP) is 3.32. The van der Waals surface area contributed by atoms with E-state index >= 15 is 0 Å². The maximum absolute atomic E-state index is 13.5. The lowest BCUT2D eigenvalue weighted by atomic mass is 10.1. The molecule has 2 amide bonds. The first kappa shape index (κ1) is 27.2. The lowest BCUT2D eigenvalue weighted by molar-refractivity contribution is -0.128. The summed E-state index contributed by atoms with van der Waals surface area (Å²) in [4.78, 5) is 25.0. The number of anilines is 1. The van der Waals surface area contributed by atoms with Crippen LogP contribution in [0.1, 0.15) is 44.7 Å². The molecule has 2 rings (SSSR count). The summed E-state index contributed by atoms with van der Waals surface area (Å²) in [7, 11) is -2.41. The van der Waals surface area contributed by atoms with Crippen molar-refractivity contribution in [3.8, 4) is 5.75 Å². The van der Waals surface area contributed by atoms with Gasteiger partial charge in [0.25, 0.3) is 10.0 Å². The summed E-state index contributed by atoms with van der Waals surface area (Å²) in [5.41, 5.74) is 2.25. The number of aryl methyl sites for hydroxylation is 2. The number of rotatable bonds is 11. The fourth-order valence-electron chi connectivity index (χ4n) is 3.19. The van der Waals surface area contributed by atoms with Gasteiger partial charge in [-0.1, -0.05) is 13.0 Å². The van der Waals surface area contributed by atoms with Gasteiger partial charge in [0.2, 0.25) is 11.8 Å². The minimum absolute atomic E-state index is 0.000486. The van der Waals surface area contributed by atoms with E-state index in [0.717, 1.165) is 17.5 Å². The molecule has 2 unspecified atom stereocenters. The first-order valence-corrected chi connectivity index (χ1v) is 12.8. The highest BCUT2D eigenvalue weighted by atomic mass is 32.2. The third-order valence-electron chi connectivity index (χ3n) is 5.74. The number of nitrogens with one attached hydrogen (secondary N) is 2. The molecule has 0 fully saturated rings. The molecule has 0 aliphatic rings. The van der Waals surface area contributed by atoms with E-state index < -0.39 is 22.0 Å². The second-order valence-corrected chi connectivity index (χ2v) is 10.2. The first-order chi connectivity index (χ1) is 16.0. The summed E-state index contributed by atoms with van der Waals surface area (Å²) >= 11 is 0. The van der Waals surface area contributed by atoms with Crippen molar-refractivity contribution in [1.29, 1.82) is 0 Å². The van der Waals surface area contributed by atoms with Crippen molar-refractivity contribution in [3.63, 3.8) is 0 Å². The molecule has 8 nitrogen and oxygen atoms in total. The van der Waals surface area contributed by atoms with Crippen molar-refractivity contribution >= 4 is 27.5 Å². The molecular formula is C25H35N3O5S. The molecule has 2 aromatic carbocycles. The molecule has 0 aliphatic heterocycles. The Labute approximate surface area is 202 Å². The predicted molar refractivity (Wildman–Crippen MR) is 134 cm³/mol. The Morgan fingerprint density at radius 2 is 1.65 bits per heavy atom. The van der Waals surface area contributed by atoms with Crippen LogP contribution in [-0.4, -0.2) is 46.0 Å². The monoisotopic (exact) mass is 489 g/mol. The van der Waals surface area contributed by atoms with E-state index in [1.807, 2.05) is 27.7 Å². The normalized spacial score (nSPS) is 13.0. The van der Waals surface area contributed by atoms with Gasteiger partial charge in [0.1, 0.15) is 11.8 Å². The van der Waals surface area contributed by atoms with E-state index in [0.29, 0.717) is 11.4 Å². The van der Waals surface area contributed by atoms with Gasteiger partial charge in [-0.2, -0.15) is 0 Å². The van der Waals surface area contributed by atoms with Crippen LogP contribution in [0.25, 0.3) is 0 Å². The van der Waals surface area contributed by atoms with Crippen molar-refractivity contribution in [1.82, 2.24) is 10.6 Å². The van der Waals surface area contributed by atoms with Gasteiger partial charge in [0, 0.05) is 19.0 Å². The Morgan fingerprint density at radius 3 is 2.21 bits per heavy atom. The van der Waals surface area contributed by atoms with Crippen LogP contribution in [0.2, 0.25) is 0 Å². The molecule has 2 N–H and O–H groups in total. The quantitative estimate of drug-likeness (QED) is 0.504. The van der Waals surface area contributed by atoms with Crippen LogP contribution in [0.5, 0.6) is 5.75 Å². The van der Waals surface area contributed by atoms with Crippen molar-refractivity contribution < 1.29 is 22.7 Å². The Balaban J connectivity index is 2.24. The second kappa shape index (κ2) is 11.9. The number of carbonyl (C=O) groups excluding carboxylic acids is 2. The van der Waals surface area contributed by atoms with E-state index in [1.165, 1.54) is 11.4 Å². The molecular weight excluding hydrogens is 454 g/mol. The van der Waals surface area contributed by atoms with Gasteiger partial charge in [-0.15, -0.1) is 0 Å². The molecule has 0 heterocycles. The summed E-state index contributed by atoms with van der Waals surface area (Å²) in [5.74, 6) is -0.107. The lowest BCUT2D eigenvalue weighted by Crippen LogP contribution is -2.47. The highest BCUT2D eigenvalue weighted by molar-refractivity contribution is 7.92. The fourth-order valence-corrected chi connectivity index (χ4v) is 4.74. The number of sulfonamides is 1. The van der Waals surface area contributed by atoms with Gasteiger partial charge in [-0.25, -0.2) is 8.42 Å². The maximum Gasteiger partial charge on any atom is 0.264 e. The van der Waals surface area contributed by atoms with Crippen LogP contribution in [0, 0.1) is 13.8 Å². The summed E-state index contributed by atoms with van der Waals surface area (Å²) in [5, 5.41) is 5.47. The molecule has 0 aromatic heterocycles. The Hall–Kier alpha value is -3.07. The number of ether oxygens (including phenoxy) is 1. The Morgan fingerprint density at radius 1 is 1.00 bits per heavy atom. The summed E-state index contributed by atoms with van der Waals surface area (Å²) in [6.45, 7) is 9.12. The van der Waals surface area contributed by atoms with Crippen LogP contribution in [0.3, 0.4) is 0 Å². The van der Waals surface area contributed by atoms with Gasteiger partial charge in [0.15, 0.2) is 0 Å². The van der Waals surface area contributed by atoms with Gasteiger partial charge in [-0.3, -0.25) is 13.9 Å². The van der Waals surface area contributed by atoms with E-state index in [1.54, 1.807) is 49.4 Å². The smallest absolute Gasteiger partial charge is 0.264 e. The number of carbonyl (C=O) groups is 2. The zero-order chi connectivity index (χ0) is 25.5. The van der Waals surface area contributed by atoms with E-state index in [4.69, 9.17) is 4.74 Å². The minimum atomic E-state index is -3.94. The van der Waals surface area contributed by atoms with Crippen LogP contribution >= 0.6 is 0 Å². The average molecular weight is 490 g/mol. The molecule has 9 heteroatoms. The Kier molecular flexibility index (Phi) is 9.49. The molecule has 0 radical (unpaired) electrons. The van der Waals surface area contributed by atoms with Gasteiger partial charge < -0.3 is 15.4 Å². The highest BCUT2D eigenvalue weighted by Gasteiger charge is 2.27. The fraction of sp³-hybridized carbons (Fsp3) is 0.440. The largest absolute Gasteiger partial charge is 0.497 e. The number of nitrogens with zero attached hydrogens (tertiary/aromatic N) is 1. The second-order valence-electron chi connectivity index (χ2n) is 8.38. The molecule has 0 saturated carbocycles. The number of hydrogen-bond acceptors (Lipinski definition) is 5. The minimum Gasteiger partial charge on any atom is -0.497 e. The number of benzene rings is 2. The third kappa shape index (κ3) is 6.96. The van der Waals surface area contributed by atoms with Crippen molar-refractivity contribution in [2.75, 3.05) is 18.0 Å². The van der Waals surface area contributed by atoms with Crippen molar-refractivity contribution in [2.45, 2.75) is 64.4 Å². The van der Waals surface area contributed by atoms with Crippen LogP contribution < -0.4 is 19.7 Å². The molecule has 0 aliphatic carbocycles. The van der Waals surface area contributed by atoms with Crippen LogP contribution in [0.15, 0.2) is 47.4 Å². The molecule has 2 atom stereocenters.